The predicted octanol–water partition coefficient (Wildman–Crippen LogP) is 3.60. The molecular formula is C17H16ClN5O2. The number of hydrogen-bond donors (Lipinski definition) is 2. The molecular weight excluding hydrogens is 342 g/mol. The first-order valence-corrected chi connectivity index (χ1v) is 7.96. The summed E-state index contributed by atoms with van der Waals surface area (Å²) in [6.45, 7) is 4.03. The van der Waals surface area contributed by atoms with Crippen LogP contribution in [-0.4, -0.2) is 21.0 Å². The zero-order valence-corrected chi connectivity index (χ0v) is 14.5. The van der Waals surface area contributed by atoms with Crippen LogP contribution >= 0.6 is 11.6 Å². The van der Waals surface area contributed by atoms with Gasteiger partial charge in [-0.2, -0.15) is 0 Å². The van der Waals surface area contributed by atoms with E-state index in [-0.39, 0.29) is 11.6 Å². The second kappa shape index (κ2) is 7.31. The largest absolute Gasteiger partial charge is 0.366 e. The zero-order valence-electron chi connectivity index (χ0n) is 13.7. The highest BCUT2D eigenvalue weighted by atomic mass is 35.5. The lowest BCUT2D eigenvalue weighted by molar-refractivity contribution is 0.102. The number of hydrogen-bond acceptors (Lipinski definition) is 6. The molecule has 7 nitrogen and oxygen atoms in total. The van der Waals surface area contributed by atoms with E-state index in [4.69, 9.17) is 16.1 Å². The highest BCUT2D eigenvalue weighted by Crippen LogP contribution is 2.14. The molecule has 0 radical (unpaired) electrons. The van der Waals surface area contributed by atoms with E-state index in [2.05, 4.69) is 25.8 Å². The average molecular weight is 358 g/mol. The summed E-state index contributed by atoms with van der Waals surface area (Å²) in [6.07, 6.45) is 0. The molecule has 0 atom stereocenters. The van der Waals surface area contributed by atoms with Gasteiger partial charge in [-0.05, 0) is 31.5 Å². The Morgan fingerprint density at radius 2 is 1.88 bits per heavy atom. The Kier molecular flexibility index (Phi) is 4.95. The van der Waals surface area contributed by atoms with E-state index in [1.54, 1.807) is 26.0 Å². The van der Waals surface area contributed by atoms with Gasteiger partial charge >= 0.3 is 0 Å². The summed E-state index contributed by atoms with van der Waals surface area (Å²) >= 11 is 5.88. The van der Waals surface area contributed by atoms with Crippen LogP contribution in [-0.2, 0) is 6.54 Å². The topological polar surface area (TPSA) is 92.9 Å². The first-order valence-electron chi connectivity index (χ1n) is 7.58. The quantitative estimate of drug-likeness (QED) is 0.724. The van der Waals surface area contributed by atoms with Gasteiger partial charge in [-0.15, -0.1) is 0 Å². The lowest BCUT2D eigenvalue weighted by atomic mass is 10.2. The molecule has 128 valence electrons. The van der Waals surface area contributed by atoms with Crippen LogP contribution in [0, 0.1) is 13.8 Å². The van der Waals surface area contributed by atoms with E-state index in [0.717, 1.165) is 5.56 Å². The number of aromatic nitrogens is 3. The molecule has 2 heterocycles. The van der Waals surface area contributed by atoms with Gasteiger partial charge < -0.3 is 15.2 Å². The Labute approximate surface area is 149 Å². The summed E-state index contributed by atoms with van der Waals surface area (Å²) in [5.41, 5.74) is 1.29. The standard InChI is InChI=1S/C17H16ClN5O2/c1-10-7-16(23-25-10)22-17(24)14-8-15(21-11(2)20-14)19-9-12-3-5-13(18)6-4-12/h3-8H,9H2,1-2H3,(H,19,20,21)(H,22,23,24). The zero-order chi connectivity index (χ0) is 17.8. The lowest BCUT2D eigenvalue weighted by Crippen LogP contribution is -2.16. The fourth-order valence-electron chi connectivity index (χ4n) is 2.18. The van der Waals surface area contributed by atoms with Crippen molar-refractivity contribution in [2.45, 2.75) is 20.4 Å². The number of rotatable bonds is 5. The molecule has 1 aromatic carbocycles. The summed E-state index contributed by atoms with van der Waals surface area (Å²) in [5, 5.41) is 10.2. The van der Waals surface area contributed by atoms with Gasteiger partial charge in [0.15, 0.2) is 5.82 Å². The van der Waals surface area contributed by atoms with Crippen LogP contribution in [0.25, 0.3) is 0 Å². The van der Waals surface area contributed by atoms with Crippen molar-refractivity contribution < 1.29 is 9.32 Å². The predicted molar refractivity (Wildman–Crippen MR) is 94.7 cm³/mol. The van der Waals surface area contributed by atoms with Crippen LogP contribution in [0.1, 0.15) is 27.6 Å². The molecule has 0 fully saturated rings. The van der Waals surface area contributed by atoms with Gasteiger partial charge in [-0.25, -0.2) is 9.97 Å². The van der Waals surface area contributed by atoms with Crippen LogP contribution in [0.3, 0.4) is 0 Å². The first kappa shape index (κ1) is 16.9. The number of carbonyl (C=O) groups excluding carboxylic acids is 1. The number of nitrogens with zero attached hydrogens (tertiary/aromatic N) is 3. The number of benzene rings is 1. The molecule has 2 N–H and O–H groups in total. The maximum Gasteiger partial charge on any atom is 0.275 e. The summed E-state index contributed by atoms with van der Waals surface area (Å²) in [4.78, 5) is 20.8. The van der Waals surface area contributed by atoms with Crippen molar-refractivity contribution in [3.05, 3.63) is 64.3 Å². The van der Waals surface area contributed by atoms with E-state index >= 15 is 0 Å². The van der Waals surface area contributed by atoms with Gasteiger partial charge in [0.05, 0.1) is 0 Å². The van der Waals surface area contributed by atoms with Gasteiger partial charge in [-0.3, -0.25) is 4.79 Å². The van der Waals surface area contributed by atoms with Crippen LogP contribution in [0.5, 0.6) is 0 Å². The van der Waals surface area contributed by atoms with Crippen molar-refractivity contribution in [3.63, 3.8) is 0 Å². The number of anilines is 2. The molecule has 0 aliphatic heterocycles. The SMILES string of the molecule is Cc1nc(NCc2ccc(Cl)cc2)cc(C(=O)Nc2cc(C)on2)n1. The number of carbonyl (C=O) groups is 1. The summed E-state index contributed by atoms with van der Waals surface area (Å²) in [6, 6.07) is 10.7. The molecule has 3 aromatic rings. The fraction of sp³-hybridized carbons (Fsp3) is 0.176. The average Bonchev–Trinajstić information content (AvgIpc) is 2.99. The highest BCUT2D eigenvalue weighted by Gasteiger charge is 2.13. The third-order valence-corrected chi connectivity index (χ3v) is 3.58. The Morgan fingerprint density at radius 3 is 2.56 bits per heavy atom. The molecule has 8 heteroatoms. The monoisotopic (exact) mass is 357 g/mol. The van der Waals surface area contributed by atoms with E-state index in [9.17, 15) is 4.79 Å². The molecule has 0 saturated carbocycles. The van der Waals surface area contributed by atoms with Gasteiger partial charge in [0, 0.05) is 23.7 Å². The van der Waals surface area contributed by atoms with Crippen LogP contribution in [0.15, 0.2) is 40.9 Å². The number of nitrogens with one attached hydrogen (secondary N) is 2. The van der Waals surface area contributed by atoms with Crippen LogP contribution in [0.4, 0.5) is 11.6 Å². The molecule has 0 unspecified atom stereocenters. The van der Waals surface area contributed by atoms with E-state index in [1.165, 1.54) is 0 Å². The minimum absolute atomic E-state index is 0.242. The van der Waals surface area contributed by atoms with Gasteiger partial charge in [0.25, 0.3) is 5.91 Å². The minimum Gasteiger partial charge on any atom is -0.366 e. The van der Waals surface area contributed by atoms with Gasteiger partial charge in [-0.1, -0.05) is 28.9 Å². The summed E-state index contributed by atoms with van der Waals surface area (Å²) < 4.78 is 4.93. The molecule has 25 heavy (non-hydrogen) atoms. The number of amides is 1. The van der Waals surface area contributed by atoms with Crippen molar-refractivity contribution in [2.75, 3.05) is 10.6 Å². The Morgan fingerprint density at radius 1 is 1.12 bits per heavy atom. The van der Waals surface area contributed by atoms with E-state index < -0.39 is 0 Å². The minimum atomic E-state index is -0.381. The second-order valence-corrected chi connectivity index (χ2v) is 5.88. The third kappa shape index (κ3) is 4.54. The number of aryl methyl sites for hydroxylation is 2. The third-order valence-electron chi connectivity index (χ3n) is 3.33. The molecule has 0 saturated heterocycles. The van der Waals surface area contributed by atoms with Crippen molar-refractivity contribution in [2.24, 2.45) is 0 Å². The first-order chi connectivity index (χ1) is 12.0. The van der Waals surface area contributed by atoms with E-state index in [1.807, 2.05) is 24.3 Å². The van der Waals surface area contributed by atoms with Crippen molar-refractivity contribution >= 4 is 29.1 Å². The smallest absolute Gasteiger partial charge is 0.275 e. The van der Waals surface area contributed by atoms with Crippen molar-refractivity contribution in [1.29, 1.82) is 0 Å². The Hall–Kier alpha value is -2.93. The Balaban J connectivity index is 1.71. The molecule has 3 rings (SSSR count). The molecule has 2 aromatic heterocycles. The van der Waals surface area contributed by atoms with Gasteiger partial charge in [0.2, 0.25) is 0 Å². The van der Waals surface area contributed by atoms with Crippen molar-refractivity contribution in [3.8, 4) is 0 Å². The molecule has 0 aliphatic carbocycles. The normalized spacial score (nSPS) is 10.5. The molecule has 0 aliphatic rings. The maximum atomic E-state index is 12.3. The summed E-state index contributed by atoms with van der Waals surface area (Å²) in [5.74, 6) is 1.62. The van der Waals surface area contributed by atoms with Crippen molar-refractivity contribution in [1.82, 2.24) is 15.1 Å². The highest BCUT2D eigenvalue weighted by molar-refractivity contribution is 6.30. The van der Waals surface area contributed by atoms with E-state index in [0.29, 0.717) is 34.8 Å². The fourth-order valence-corrected chi connectivity index (χ4v) is 2.30. The van der Waals surface area contributed by atoms with Gasteiger partial charge in [0.1, 0.15) is 23.1 Å². The lowest BCUT2D eigenvalue weighted by Gasteiger charge is -2.08. The second-order valence-electron chi connectivity index (χ2n) is 5.44. The van der Waals surface area contributed by atoms with Crippen LogP contribution in [0.2, 0.25) is 5.02 Å². The molecule has 0 bridgehead atoms. The maximum absolute atomic E-state index is 12.3. The number of halogens is 1. The van der Waals surface area contributed by atoms with Crippen LogP contribution < -0.4 is 10.6 Å². The molecule has 0 spiro atoms. The summed E-state index contributed by atoms with van der Waals surface area (Å²) in [7, 11) is 0. The Bertz CT molecular complexity index is 892. The molecule has 1 amide bonds.